The fourth-order valence-electron chi connectivity index (χ4n) is 1.48. The predicted octanol–water partition coefficient (Wildman–Crippen LogP) is 3.78. The van der Waals surface area contributed by atoms with Crippen LogP contribution in [0.5, 0.6) is 11.5 Å². The SMILES string of the molecule is COc1cccc(CBr)c1OCCOC(C)(C)C. The maximum absolute atomic E-state index is 5.77. The van der Waals surface area contributed by atoms with Crippen molar-refractivity contribution in [3.8, 4) is 11.5 Å². The quantitative estimate of drug-likeness (QED) is 0.590. The highest BCUT2D eigenvalue weighted by atomic mass is 79.9. The molecule has 1 aromatic carbocycles. The molecule has 0 saturated carbocycles. The van der Waals surface area contributed by atoms with E-state index in [9.17, 15) is 0 Å². The highest BCUT2D eigenvalue weighted by Gasteiger charge is 2.12. The van der Waals surface area contributed by atoms with Crippen LogP contribution in [0.1, 0.15) is 26.3 Å². The number of methoxy groups -OCH3 is 1. The number of halogens is 1. The zero-order valence-electron chi connectivity index (χ0n) is 11.5. The van der Waals surface area contributed by atoms with Gasteiger partial charge in [0, 0.05) is 10.9 Å². The summed E-state index contributed by atoms with van der Waals surface area (Å²) in [6.45, 7) is 7.15. The van der Waals surface area contributed by atoms with Crippen molar-refractivity contribution in [2.24, 2.45) is 0 Å². The van der Waals surface area contributed by atoms with Crippen LogP contribution in [0.3, 0.4) is 0 Å². The van der Waals surface area contributed by atoms with Crippen molar-refractivity contribution in [1.82, 2.24) is 0 Å². The van der Waals surface area contributed by atoms with Crippen molar-refractivity contribution < 1.29 is 14.2 Å². The standard InChI is InChI=1S/C14H21BrO3/c1-14(2,3)18-9-8-17-13-11(10-15)6-5-7-12(13)16-4/h5-7H,8-10H2,1-4H3. The van der Waals surface area contributed by atoms with Crippen molar-refractivity contribution in [2.45, 2.75) is 31.7 Å². The van der Waals surface area contributed by atoms with Gasteiger partial charge < -0.3 is 14.2 Å². The molecule has 102 valence electrons. The Kier molecular flexibility index (Phi) is 5.96. The normalized spacial score (nSPS) is 11.4. The third-order valence-corrected chi connectivity index (χ3v) is 2.89. The van der Waals surface area contributed by atoms with E-state index in [0.717, 1.165) is 22.4 Å². The van der Waals surface area contributed by atoms with E-state index in [1.54, 1.807) is 7.11 Å². The van der Waals surface area contributed by atoms with E-state index in [1.807, 2.05) is 39.0 Å². The Morgan fingerprint density at radius 2 is 1.89 bits per heavy atom. The van der Waals surface area contributed by atoms with Gasteiger partial charge >= 0.3 is 0 Å². The zero-order chi connectivity index (χ0) is 13.6. The highest BCUT2D eigenvalue weighted by Crippen LogP contribution is 2.32. The number of hydrogen-bond donors (Lipinski definition) is 0. The largest absolute Gasteiger partial charge is 0.493 e. The summed E-state index contributed by atoms with van der Waals surface area (Å²) in [5.41, 5.74) is 0.938. The smallest absolute Gasteiger partial charge is 0.165 e. The second kappa shape index (κ2) is 7.00. The molecule has 0 N–H and O–H groups in total. The van der Waals surface area contributed by atoms with Crippen LogP contribution in [0.4, 0.5) is 0 Å². The Morgan fingerprint density at radius 1 is 1.17 bits per heavy atom. The van der Waals surface area contributed by atoms with Gasteiger partial charge in [-0.25, -0.2) is 0 Å². The van der Waals surface area contributed by atoms with Crippen LogP contribution >= 0.6 is 15.9 Å². The molecule has 0 amide bonds. The molecule has 0 aliphatic rings. The van der Waals surface area contributed by atoms with Crippen LogP contribution in [0.2, 0.25) is 0 Å². The van der Waals surface area contributed by atoms with Crippen molar-refractivity contribution in [3.63, 3.8) is 0 Å². The third-order valence-electron chi connectivity index (χ3n) is 2.29. The summed E-state index contributed by atoms with van der Waals surface area (Å²) >= 11 is 3.45. The Balaban J connectivity index is 2.60. The van der Waals surface area contributed by atoms with Gasteiger partial charge in [-0.05, 0) is 26.8 Å². The third kappa shape index (κ3) is 4.86. The molecule has 0 atom stereocenters. The molecule has 0 radical (unpaired) electrons. The van der Waals surface area contributed by atoms with E-state index in [0.29, 0.717) is 13.2 Å². The average Bonchev–Trinajstić information content (AvgIpc) is 2.33. The maximum Gasteiger partial charge on any atom is 0.165 e. The second-order valence-corrected chi connectivity index (χ2v) is 5.45. The molecule has 0 bridgehead atoms. The molecule has 0 aliphatic carbocycles. The summed E-state index contributed by atoms with van der Waals surface area (Å²) in [5.74, 6) is 1.54. The van der Waals surface area contributed by atoms with E-state index in [1.165, 1.54) is 0 Å². The molecule has 0 spiro atoms. The van der Waals surface area contributed by atoms with Gasteiger partial charge in [0.1, 0.15) is 6.61 Å². The van der Waals surface area contributed by atoms with E-state index < -0.39 is 0 Å². The van der Waals surface area contributed by atoms with Gasteiger partial charge in [-0.3, -0.25) is 0 Å². The summed E-state index contributed by atoms with van der Waals surface area (Å²) in [6, 6.07) is 5.86. The first-order valence-corrected chi connectivity index (χ1v) is 7.08. The van der Waals surface area contributed by atoms with Crippen LogP contribution in [0.15, 0.2) is 18.2 Å². The van der Waals surface area contributed by atoms with Gasteiger partial charge in [-0.2, -0.15) is 0 Å². The molecule has 0 fully saturated rings. The number of ether oxygens (including phenoxy) is 3. The molecule has 0 saturated heterocycles. The molecule has 1 aromatic rings. The second-order valence-electron chi connectivity index (χ2n) is 4.89. The number of benzene rings is 1. The van der Waals surface area contributed by atoms with E-state index in [2.05, 4.69) is 15.9 Å². The fourth-order valence-corrected chi connectivity index (χ4v) is 1.92. The Labute approximate surface area is 118 Å². The lowest BCUT2D eigenvalue weighted by atomic mass is 10.2. The summed E-state index contributed by atoms with van der Waals surface area (Å²) in [4.78, 5) is 0. The van der Waals surface area contributed by atoms with E-state index in [-0.39, 0.29) is 5.60 Å². The van der Waals surface area contributed by atoms with Crippen molar-refractivity contribution in [3.05, 3.63) is 23.8 Å². The number of para-hydroxylation sites is 1. The van der Waals surface area contributed by atoms with Crippen molar-refractivity contribution >= 4 is 15.9 Å². The molecular formula is C14H21BrO3. The first-order valence-electron chi connectivity index (χ1n) is 5.96. The molecule has 4 heteroatoms. The van der Waals surface area contributed by atoms with Crippen molar-refractivity contribution in [1.29, 1.82) is 0 Å². The Morgan fingerprint density at radius 3 is 2.44 bits per heavy atom. The molecule has 1 rings (SSSR count). The molecule has 0 aromatic heterocycles. The minimum absolute atomic E-state index is 0.137. The average molecular weight is 317 g/mol. The summed E-state index contributed by atoms with van der Waals surface area (Å²) < 4.78 is 16.7. The predicted molar refractivity (Wildman–Crippen MR) is 76.8 cm³/mol. The van der Waals surface area contributed by atoms with Crippen LogP contribution in [0, 0.1) is 0 Å². The first-order chi connectivity index (χ1) is 8.48. The minimum atomic E-state index is -0.137. The van der Waals surface area contributed by atoms with Crippen molar-refractivity contribution in [2.75, 3.05) is 20.3 Å². The van der Waals surface area contributed by atoms with Crippen LogP contribution in [0.25, 0.3) is 0 Å². The molecule has 0 unspecified atom stereocenters. The lowest BCUT2D eigenvalue weighted by Gasteiger charge is -2.20. The van der Waals surface area contributed by atoms with E-state index in [4.69, 9.17) is 14.2 Å². The van der Waals surface area contributed by atoms with Gasteiger partial charge in [0.15, 0.2) is 11.5 Å². The van der Waals surface area contributed by atoms with Crippen LogP contribution in [-0.2, 0) is 10.1 Å². The molecular weight excluding hydrogens is 296 g/mol. The number of rotatable bonds is 6. The summed E-state index contributed by atoms with van der Waals surface area (Å²) in [6.07, 6.45) is 0. The minimum Gasteiger partial charge on any atom is -0.493 e. The lowest BCUT2D eigenvalue weighted by Crippen LogP contribution is -2.22. The van der Waals surface area contributed by atoms with Gasteiger partial charge in [0.05, 0.1) is 19.3 Å². The Hall–Kier alpha value is -0.740. The first kappa shape index (κ1) is 15.3. The summed E-state index contributed by atoms with van der Waals surface area (Å²) in [5, 5.41) is 0.736. The van der Waals surface area contributed by atoms with Gasteiger partial charge in [0.25, 0.3) is 0 Å². The fraction of sp³-hybridized carbons (Fsp3) is 0.571. The van der Waals surface area contributed by atoms with Gasteiger partial charge in [-0.1, -0.05) is 28.1 Å². The van der Waals surface area contributed by atoms with E-state index >= 15 is 0 Å². The van der Waals surface area contributed by atoms with Crippen LogP contribution in [-0.4, -0.2) is 25.9 Å². The molecule has 0 heterocycles. The summed E-state index contributed by atoms with van der Waals surface area (Å²) in [7, 11) is 1.64. The molecule has 0 aliphatic heterocycles. The highest BCUT2D eigenvalue weighted by molar-refractivity contribution is 9.08. The maximum atomic E-state index is 5.77. The van der Waals surface area contributed by atoms with Gasteiger partial charge in [-0.15, -0.1) is 0 Å². The zero-order valence-corrected chi connectivity index (χ0v) is 13.0. The van der Waals surface area contributed by atoms with Gasteiger partial charge in [0.2, 0.25) is 0 Å². The lowest BCUT2D eigenvalue weighted by molar-refractivity contribution is -0.0165. The van der Waals surface area contributed by atoms with Crippen LogP contribution < -0.4 is 9.47 Å². The molecule has 3 nitrogen and oxygen atoms in total. The Bertz CT molecular complexity index is 350. The topological polar surface area (TPSA) is 27.7 Å². The monoisotopic (exact) mass is 316 g/mol. The number of hydrogen-bond acceptors (Lipinski definition) is 3. The molecule has 18 heavy (non-hydrogen) atoms. The number of alkyl halides is 1.